The summed E-state index contributed by atoms with van der Waals surface area (Å²) in [6.45, 7) is 2.04. The smallest absolute Gasteiger partial charge is 0.307 e. The van der Waals surface area contributed by atoms with Gasteiger partial charge in [-0.2, -0.15) is 0 Å². The van der Waals surface area contributed by atoms with Gasteiger partial charge in [-0.25, -0.2) is 0 Å². The van der Waals surface area contributed by atoms with Gasteiger partial charge in [-0.05, 0) is 24.1 Å². The molecule has 0 atom stereocenters. The summed E-state index contributed by atoms with van der Waals surface area (Å²) in [5.41, 5.74) is 1.76. The number of hydrogen-bond acceptors (Lipinski definition) is 4. The summed E-state index contributed by atoms with van der Waals surface area (Å²) >= 11 is 0. The molecule has 0 aromatic heterocycles. The number of methoxy groups -OCH3 is 3. The van der Waals surface area contributed by atoms with E-state index in [1.165, 1.54) is 0 Å². The molecule has 0 aliphatic heterocycles. The van der Waals surface area contributed by atoms with E-state index in [1.807, 2.05) is 13.0 Å². The highest BCUT2D eigenvalue weighted by Crippen LogP contribution is 2.43. The number of allylic oxidation sites excluding steroid dienone is 1. The van der Waals surface area contributed by atoms with Crippen LogP contribution in [0.5, 0.6) is 17.2 Å². The van der Waals surface area contributed by atoms with Crippen LogP contribution in [0.4, 0.5) is 0 Å². The van der Waals surface area contributed by atoms with Crippen LogP contribution in [0.1, 0.15) is 31.7 Å². The van der Waals surface area contributed by atoms with Gasteiger partial charge in [0.2, 0.25) is 5.75 Å². The van der Waals surface area contributed by atoms with Crippen molar-refractivity contribution in [1.82, 2.24) is 0 Å². The van der Waals surface area contributed by atoms with Crippen molar-refractivity contribution in [3.63, 3.8) is 0 Å². The van der Waals surface area contributed by atoms with E-state index in [-0.39, 0.29) is 6.42 Å². The van der Waals surface area contributed by atoms with Crippen LogP contribution in [-0.2, 0) is 4.79 Å². The monoisotopic (exact) mass is 294 g/mol. The Balaban J connectivity index is 3.37. The number of hydrogen-bond donors (Lipinski definition) is 1. The maximum Gasteiger partial charge on any atom is 0.307 e. The predicted molar refractivity (Wildman–Crippen MR) is 81.2 cm³/mol. The molecule has 1 rings (SSSR count). The molecule has 0 amide bonds. The Morgan fingerprint density at radius 3 is 2.29 bits per heavy atom. The van der Waals surface area contributed by atoms with Gasteiger partial charge >= 0.3 is 5.97 Å². The van der Waals surface area contributed by atoms with Crippen LogP contribution in [-0.4, -0.2) is 32.4 Å². The van der Waals surface area contributed by atoms with Gasteiger partial charge in [0.15, 0.2) is 11.5 Å². The lowest BCUT2D eigenvalue weighted by Gasteiger charge is -2.17. The molecule has 0 saturated heterocycles. The molecule has 21 heavy (non-hydrogen) atoms. The Morgan fingerprint density at radius 1 is 1.14 bits per heavy atom. The molecule has 0 saturated carbocycles. The van der Waals surface area contributed by atoms with Gasteiger partial charge in [-0.1, -0.05) is 19.4 Å². The second-order valence-corrected chi connectivity index (χ2v) is 4.46. The summed E-state index contributed by atoms with van der Waals surface area (Å²) in [4.78, 5) is 10.8. The molecule has 0 aliphatic rings. The molecule has 0 bridgehead atoms. The van der Waals surface area contributed by atoms with Crippen molar-refractivity contribution < 1.29 is 24.1 Å². The third-order valence-electron chi connectivity index (χ3n) is 3.09. The Morgan fingerprint density at radius 2 is 1.81 bits per heavy atom. The number of aliphatic carboxylic acids is 1. The summed E-state index contributed by atoms with van der Waals surface area (Å²) in [5.74, 6) is 0.784. The largest absolute Gasteiger partial charge is 0.493 e. The quantitative estimate of drug-likeness (QED) is 0.796. The van der Waals surface area contributed by atoms with Crippen molar-refractivity contribution in [2.45, 2.75) is 26.2 Å². The number of ether oxygens (including phenoxy) is 3. The van der Waals surface area contributed by atoms with Crippen LogP contribution in [0.2, 0.25) is 0 Å². The first-order chi connectivity index (χ1) is 10.1. The third kappa shape index (κ3) is 4.15. The minimum Gasteiger partial charge on any atom is -0.493 e. The van der Waals surface area contributed by atoms with Crippen LogP contribution >= 0.6 is 0 Å². The Kier molecular flexibility index (Phi) is 6.59. The first-order valence-corrected chi connectivity index (χ1v) is 6.79. The van der Waals surface area contributed by atoms with Gasteiger partial charge in [0.25, 0.3) is 0 Å². The van der Waals surface area contributed by atoms with Crippen molar-refractivity contribution in [3.8, 4) is 17.2 Å². The number of carboxylic acid groups (broad SMARTS) is 1. The van der Waals surface area contributed by atoms with E-state index in [2.05, 4.69) is 0 Å². The van der Waals surface area contributed by atoms with E-state index < -0.39 is 5.97 Å². The Hall–Kier alpha value is -2.17. The van der Waals surface area contributed by atoms with Crippen LogP contribution in [0.15, 0.2) is 18.2 Å². The van der Waals surface area contributed by atoms with Crippen molar-refractivity contribution in [2.75, 3.05) is 21.3 Å². The number of carboxylic acids is 1. The van der Waals surface area contributed by atoms with Gasteiger partial charge in [-0.3, -0.25) is 4.79 Å². The minimum atomic E-state index is -0.858. The molecule has 0 radical (unpaired) electrons. The lowest BCUT2D eigenvalue weighted by Crippen LogP contribution is -2.00. The highest BCUT2D eigenvalue weighted by atomic mass is 16.5. The zero-order valence-corrected chi connectivity index (χ0v) is 12.9. The van der Waals surface area contributed by atoms with E-state index in [9.17, 15) is 4.79 Å². The molecule has 5 nitrogen and oxygen atoms in total. The Labute approximate surface area is 125 Å². The van der Waals surface area contributed by atoms with Gasteiger partial charge in [0.05, 0.1) is 27.8 Å². The fourth-order valence-corrected chi connectivity index (χ4v) is 2.18. The lowest BCUT2D eigenvalue weighted by atomic mass is 9.98. The topological polar surface area (TPSA) is 65.0 Å². The molecular formula is C16H22O5. The first kappa shape index (κ1) is 16.9. The van der Waals surface area contributed by atoms with Crippen molar-refractivity contribution in [1.29, 1.82) is 0 Å². The third-order valence-corrected chi connectivity index (χ3v) is 3.09. The van der Waals surface area contributed by atoms with Crippen molar-refractivity contribution in [2.24, 2.45) is 0 Å². The van der Waals surface area contributed by atoms with Gasteiger partial charge in [0.1, 0.15) is 0 Å². The van der Waals surface area contributed by atoms with Gasteiger partial charge in [-0.15, -0.1) is 0 Å². The number of carbonyl (C=O) groups is 1. The molecule has 116 valence electrons. The lowest BCUT2D eigenvalue weighted by molar-refractivity contribution is -0.135. The highest BCUT2D eigenvalue weighted by Gasteiger charge is 2.18. The zero-order chi connectivity index (χ0) is 15.8. The molecule has 0 unspecified atom stereocenters. The fraction of sp³-hybridized carbons (Fsp3) is 0.438. The van der Waals surface area contributed by atoms with Gasteiger partial charge in [0, 0.05) is 5.56 Å². The maximum atomic E-state index is 10.8. The molecule has 0 fully saturated rings. The molecule has 0 aliphatic carbocycles. The minimum absolute atomic E-state index is 0.0210. The summed E-state index contributed by atoms with van der Waals surface area (Å²) in [6.07, 6.45) is 3.37. The van der Waals surface area contributed by atoms with Gasteiger partial charge < -0.3 is 19.3 Å². The average Bonchev–Trinajstić information content (AvgIpc) is 2.49. The maximum absolute atomic E-state index is 10.8. The van der Waals surface area contributed by atoms with E-state index in [0.29, 0.717) is 17.2 Å². The normalized spacial score (nSPS) is 11.1. The molecular weight excluding hydrogens is 272 g/mol. The summed E-state index contributed by atoms with van der Waals surface area (Å²) in [7, 11) is 4.66. The van der Waals surface area contributed by atoms with Crippen molar-refractivity contribution >= 4 is 11.5 Å². The van der Waals surface area contributed by atoms with E-state index >= 15 is 0 Å². The Bertz CT molecular complexity index is 520. The van der Waals surface area contributed by atoms with E-state index in [4.69, 9.17) is 19.3 Å². The summed E-state index contributed by atoms with van der Waals surface area (Å²) in [6, 6.07) is 3.66. The van der Waals surface area contributed by atoms with Crippen LogP contribution in [0.25, 0.3) is 5.57 Å². The standard InChI is InChI=1S/C16H22O5/c1-5-6-11(7-10-14(17)18)12-8-9-13(19-2)16(21-4)15(12)20-3/h7-9H,5-6,10H2,1-4H3,(H,17,18)/b11-7+. The summed E-state index contributed by atoms with van der Waals surface area (Å²) < 4.78 is 16.1. The molecule has 1 aromatic carbocycles. The van der Waals surface area contributed by atoms with E-state index in [0.717, 1.165) is 24.0 Å². The average molecular weight is 294 g/mol. The zero-order valence-electron chi connectivity index (χ0n) is 12.9. The molecule has 5 heteroatoms. The van der Waals surface area contributed by atoms with Crippen LogP contribution < -0.4 is 14.2 Å². The molecule has 1 N–H and O–H groups in total. The van der Waals surface area contributed by atoms with E-state index in [1.54, 1.807) is 33.5 Å². The van der Waals surface area contributed by atoms with Crippen LogP contribution in [0.3, 0.4) is 0 Å². The molecule has 0 spiro atoms. The molecule has 1 aromatic rings. The highest BCUT2D eigenvalue weighted by molar-refractivity contribution is 5.78. The van der Waals surface area contributed by atoms with Crippen molar-refractivity contribution in [3.05, 3.63) is 23.8 Å². The second kappa shape index (κ2) is 8.19. The second-order valence-electron chi connectivity index (χ2n) is 4.46. The fourth-order valence-electron chi connectivity index (χ4n) is 2.18. The van der Waals surface area contributed by atoms with Crippen LogP contribution in [0, 0.1) is 0 Å². The first-order valence-electron chi connectivity index (χ1n) is 6.79. The number of benzene rings is 1. The SMILES string of the molecule is CCC/C(=C\CC(=O)O)c1ccc(OC)c(OC)c1OC. The predicted octanol–water partition coefficient (Wildman–Crippen LogP) is 3.37. The molecule has 0 heterocycles. The summed E-state index contributed by atoms with van der Waals surface area (Å²) in [5, 5.41) is 8.87. The number of rotatable bonds is 8.